The highest BCUT2D eigenvalue weighted by atomic mass is 16.5. The van der Waals surface area contributed by atoms with Gasteiger partial charge in [-0.15, -0.1) is 0 Å². The molecule has 2 heteroatoms. The lowest BCUT2D eigenvalue weighted by Crippen LogP contribution is -1.99. The number of hydrogen-bond acceptors (Lipinski definition) is 2. The summed E-state index contributed by atoms with van der Waals surface area (Å²) in [6, 6.07) is 16.8. The Morgan fingerprint density at radius 3 is 2.43 bits per heavy atom. The number of ether oxygens (including phenoxy) is 1. The molecule has 0 spiro atoms. The van der Waals surface area contributed by atoms with E-state index in [9.17, 15) is 0 Å². The van der Waals surface area contributed by atoms with Gasteiger partial charge in [0.25, 0.3) is 0 Å². The van der Waals surface area contributed by atoms with Crippen LogP contribution in [-0.4, -0.2) is 4.98 Å². The Labute approximate surface area is 137 Å². The van der Waals surface area contributed by atoms with Crippen molar-refractivity contribution in [2.24, 2.45) is 0 Å². The van der Waals surface area contributed by atoms with Crippen molar-refractivity contribution in [2.75, 3.05) is 0 Å². The van der Waals surface area contributed by atoms with Crippen LogP contribution in [-0.2, 0) is 6.61 Å². The highest BCUT2D eigenvalue weighted by Crippen LogP contribution is 2.23. The lowest BCUT2D eigenvalue weighted by molar-refractivity contribution is 0.303. The number of aryl methyl sites for hydroxylation is 2. The predicted molar refractivity (Wildman–Crippen MR) is 94.7 cm³/mol. The molecule has 0 saturated carbocycles. The highest BCUT2D eigenvalue weighted by molar-refractivity contribution is 5.63. The Morgan fingerprint density at radius 1 is 0.870 bits per heavy atom. The number of rotatable bonds is 4. The standard InChI is InChI=1S/C21H21NO/c1-15-7-9-19(10-8-15)20-11-18(12-22-13-20)14-23-21-6-4-5-16(2)17(21)3/h4-13H,14H2,1-3H3. The van der Waals surface area contributed by atoms with Gasteiger partial charge in [0.15, 0.2) is 0 Å². The Morgan fingerprint density at radius 2 is 1.65 bits per heavy atom. The zero-order chi connectivity index (χ0) is 16.2. The average Bonchev–Trinajstić information content (AvgIpc) is 2.57. The molecular weight excluding hydrogens is 282 g/mol. The molecular formula is C21H21NO. The van der Waals surface area contributed by atoms with Gasteiger partial charge in [0, 0.05) is 23.5 Å². The number of benzene rings is 2. The van der Waals surface area contributed by atoms with Gasteiger partial charge in [-0.3, -0.25) is 4.98 Å². The van der Waals surface area contributed by atoms with E-state index in [-0.39, 0.29) is 0 Å². The Balaban J connectivity index is 1.78. The van der Waals surface area contributed by atoms with Crippen molar-refractivity contribution in [1.82, 2.24) is 4.98 Å². The van der Waals surface area contributed by atoms with Gasteiger partial charge in [0.2, 0.25) is 0 Å². The highest BCUT2D eigenvalue weighted by Gasteiger charge is 2.04. The largest absolute Gasteiger partial charge is 0.489 e. The lowest BCUT2D eigenvalue weighted by atomic mass is 10.0. The Hall–Kier alpha value is -2.61. The summed E-state index contributed by atoms with van der Waals surface area (Å²) in [6.45, 7) is 6.81. The minimum atomic E-state index is 0.525. The quantitative estimate of drug-likeness (QED) is 0.656. The predicted octanol–water partition coefficient (Wildman–Crippen LogP) is 5.25. The summed E-state index contributed by atoms with van der Waals surface area (Å²) in [4.78, 5) is 4.36. The number of pyridine rings is 1. The monoisotopic (exact) mass is 303 g/mol. The SMILES string of the molecule is Cc1ccc(-c2cncc(COc3cccc(C)c3C)c2)cc1. The van der Waals surface area contributed by atoms with Crippen molar-refractivity contribution >= 4 is 0 Å². The van der Waals surface area contributed by atoms with E-state index in [0.29, 0.717) is 6.61 Å². The van der Waals surface area contributed by atoms with Gasteiger partial charge in [-0.05, 0) is 49.6 Å². The number of nitrogens with zero attached hydrogens (tertiary/aromatic N) is 1. The molecule has 0 aliphatic rings. The maximum absolute atomic E-state index is 5.97. The van der Waals surface area contributed by atoms with Crippen LogP contribution >= 0.6 is 0 Å². The first-order valence-electron chi connectivity index (χ1n) is 7.83. The van der Waals surface area contributed by atoms with Crippen LogP contribution in [0.25, 0.3) is 11.1 Å². The fourth-order valence-electron chi connectivity index (χ4n) is 2.51. The second-order valence-corrected chi connectivity index (χ2v) is 5.93. The molecule has 3 rings (SSSR count). The second kappa shape index (κ2) is 6.66. The van der Waals surface area contributed by atoms with Crippen LogP contribution in [0, 0.1) is 20.8 Å². The molecule has 0 amide bonds. The van der Waals surface area contributed by atoms with Gasteiger partial charge < -0.3 is 4.74 Å². The first-order chi connectivity index (χ1) is 11.1. The summed E-state index contributed by atoms with van der Waals surface area (Å²) in [5.41, 5.74) is 7.06. The summed E-state index contributed by atoms with van der Waals surface area (Å²) >= 11 is 0. The van der Waals surface area contributed by atoms with Crippen molar-refractivity contribution < 1.29 is 4.74 Å². The van der Waals surface area contributed by atoms with E-state index in [2.05, 4.69) is 62.2 Å². The molecule has 0 atom stereocenters. The molecule has 1 aromatic heterocycles. The van der Waals surface area contributed by atoms with Gasteiger partial charge >= 0.3 is 0 Å². The number of aromatic nitrogens is 1. The molecule has 0 aliphatic carbocycles. The van der Waals surface area contributed by atoms with Crippen LogP contribution in [0.2, 0.25) is 0 Å². The Kier molecular flexibility index (Phi) is 4.42. The van der Waals surface area contributed by atoms with Gasteiger partial charge in [-0.1, -0.05) is 42.0 Å². The van der Waals surface area contributed by atoms with Crippen LogP contribution in [0.15, 0.2) is 60.9 Å². The third-order valence-electron chi connectivity index (χ3n) is 4.13. The third kappa shape index (κ3) is 3.59. The molecule has 3 aromatic rings. The minimum absolute atomic E-state index is 0.525. The molecule has 0 saturated heterocycles. The normalized spacial score (nSPS) is 10.6. The topological polar surface area (TPSA) is 22.1 Å². The van der Waals surface area contributed by atoms with E-state index in [0.717, 1.165) is 16.9 Å². The van der Waals surface area contributed by atoms with Gasteiger partial charge in [-0.25, -0.2) is 0 Å². The van der Waals surface area contributed by atoms with Crippen molar-refractivity contribution in [3.63, 3.8) is 0 Å². The Bertz CT molecular complexity index is 806. The van der Waals surface area contributed by atoms with Crippen LogP contribution in [0.3, 0.4) is 0 Å². The average molecular weight is 303 g/mol. The summed E-state index contributed by atoms with van der Waals surface area (Å²) in [5, 5.41) is 0. The summed E-state index contributed by atoms with van der Waals surface area (Å²) in [5.74, 6) is 0.936. The second-order valence-electron chi connectivity index (χ2n) is 5.93. The van der Waals surface area contributed by atoms with E-state index in [4.69, 9.17) is 4.74 Å². The molecule has 116 valence electrons. The van der Waals surface area contributed by atoms with E-state index < -0.39 is 0 Å². The van der Waals surface area contributed by atoms with E-state index in [1.165, 1.54) is 22.3 Å². The van der Waals surface area contributed by atoms with Crippen LogP contribution < -0.4 is 4.74 Å². The first-order valence-corrected chi connectivity index (χ1v) is 7.83. The first kappa shape index (κ1) is 15.3. The van der Waals surface area contributed by atoms with Crippen molar-refractivity contribution in [1.29, 1.82) is 0 Å². The maximum Gasteiger partial charge on any atom is 0.122 e. The minimum Gasteiger partial charge on any atom is -0.489 e. The molecule has 0 aliphatic heterocycles. The van der Waals surface area contributed by atoms with Crippen molar-refractivity contribution in [2.45, 2.75) is 27.4 Å². The zero-order valence-electron chi connectivity index (χ0n) is 13.8. The van der Waals surface area contributed by atoms with Crippen molar-refractivity contribution in [3.05, 3.63) is 83.2 Å². The molecule has 1 heterocycles. The van der Waals surface area contributed by atoms with Crippen LogP contribution in [0.5, 0.6) is 5.75 Å². The molecule has 0 bridgehead atoms. The zero-order valence-corrected chi connectivity index (χ0v) is 13.8. The molecule has 2 nitrogen and oxygen atoms in total. The molecule has 2 aromatic carbocycles. The van der Waals surface area contributed by atoms with Gasteiger partial charge in [-0.2, -0.15) is 0 Å². The van der Waals surface area contributed by atoms with Gasteiger partial charge in [0.1, 0.15) is 12.4 Å². The summed E-state index contributed by atoms with van der Waals surface area (Å²) in [6.07, 6.45) is 3.76. The van der Waals surface area contributed by atoms with Gasteiger partial charge in [0.05, 0.1) is 0 Å². The molecule has 23 heavy (non-hydrogen) atoms. The maximum atomic E-state index is 5.97. The third-order valence-corrected chi connectivity index (χ3v) is 4.13. The molecule has 0 N–H and O–H groups in total. The summed E-state index contributed by atoms with van der Waals surface area (Å²) in [7, 11) is 0. The summed E-state index contributed by atoms with van der Waals surface area (Å²) < 4.78 is 5.97. The fourth-order valence-corrected chi connectivity index (χ4v) is 2.51. The van der Waals surface area contributed by atoms with Crippen LogP contribution in [0.4, 0.5) is 0 Å². The van der Waals surface area contributed by atoms with E-state index in [1.54, 1.807) is 0 Å². The lowest BCUT2D eigenvalue weighted by Gasteiger charge is -2.11. The molecule has 0 unspecified atom stereocenters. The molecule has 0 fully saturated rings. The number of hydrogen-bond donors (Lipinski definition) is 0. The smallest absolute Gasteiger partial charge is 0.122 e. The van der Waals surface area contributed by atoms with E-state index in [1.807, 2.05) is 24.5 Å². The van der Waals surface area contributed by atoms with E-state index >= 15 is 0 Å². The van der Waals surface area contributed by atoms with Crippen molar-refractivity contribution in [3.8, 4) is 16.9 Å². The fraction of sp³-hybridized carbons (Fsp3) is 0.190. The molecule has 0 radical (unpaired) electrons. The van der Waals surface area contributed by atoms with Crippen LogP contribution in [0.1, 0.15) is 22.3 Å².